The highest BCUT2D eigenvalue weighted by molar-refractivity contribution is 7.07. The van der Waals surface area contributed by atoms with E-state index >= 15 is 0 Å². The van der Waals surface area contributed by atoms with Gasteiger partial charge < -0.3 is 10.5 Å². The lowest BCUT2D eigenvalue weighted by molar-refractivity contribution is -0.137. The number of rotatable bonds is 4. The highest BCUT2D eigenvalue weighted by Gasteiger charge is 2.00. The minimum Gasteiger partial charge on any atom is -0.463 e. The van der Waals surface area contributed by atoms with Crippen LogP contribution in [0.1, 0.15) is 12.5 Å². The molecule has 0 atom stereocenters. The predicted octanol–water partition coefficient (Wildman–Crippen LogP) is 1.70. The topological polar surface area (TPSA) is 52.3 Å². The SMILES string of the molecule is CCOC(=O)C=C(N)Cc1ccsc1. The lowest BCUT2D eigenvalue weighted by Crippen LogP contribution is -2.07. The fourth-order valence-electron chi connectivity index (χ4n) is 1.02. The number of hydrogen-bond acceptors (Lipinski definition) is 4. The van der Waals surface area contributed by atoms with Gasteiger partial charge in [-0.05, 0) is 29.3 Å². The summed E-state index contributed by atoms with van der Waals surface area (Å²) in [6.45, 7) is 2.14. The van der Waals surface area contributed by atoms with Gasteiger partial charge in [0, 0.05) is 18.2 Å². The molecule has 0 amide bonds. The van der Waals surface area contributed by atoms with Crippen LogP contribution in [-0.4, -0.2) is 12.6 Å². The minimum atomic E-state index is -0.375. The Kier molecular flexibility index (Phi) is 4.19. The van der Waals surface area contributed by atoms with Crippen LogP contribution in [-0.2, 0) is 16.0 Å². The van der Waals surface area contributed by atoms with E-state index in [1.165, 1.54) is 6.08 Å². The number of nitrogens with two attached hydrogens (primary N) is 1. The molecule has 0 bridgehead atoms. The summed E-state index contributed by atoms with van der Waals surface area (Å²) in [5.41, 5.74) is 7.31. The van der Waals surface area contributed by atoms with Gasteiger partial charge in [-0.25, -0.2) is 4.79 Å². The Bertz CT molecular complexity index is 317. The average Bonchev–Trinajstić information content (AvgIpc) is 2.56. The van der Waals surface area contributed by atoms with Crippen LogP contribution >= 0.6 is 11.3 Å². The molecule has 0 aliphatic heterocycles. The third kappa shape index (κ3) is 3.62. The van der Waals surface area contributed by atoms with Gasteiger partial charge >= 0.3 is 5.97 Å². The fraction of sp³-hybridized carbons (Fsp3) is 0.300. The molecule has 0 unspecified atom stereocenters. The van der Waals surface area contributed by atoms with Crippen molar-refractivity contribution >= 4 is 17.3 Å². The molecule has 0 aliphatic rings. The minimum absolute atomic E-state index is 0.375. The van der Waals surface area contributed by atoms with Crippen LogP contribution in [0.2, 0.25) is 0 Å². The number of carbonyl (C=O) groups is 1. The molecular weight excluding hydrogens is 198 g/mol. The average molecular weight is 211 g/mol. The highest BCUT2D eigenvalue weighted by atomic mass is 32.1. The van der Waals surface area contributed by atoms with Gasteiger partial charge in [-0.2, -0.15) is 11.3 Å². The smallest absolute Gasteiger partial charge is 0.332 e. The summed E-state index contributed by atoms with van der Waals surface area (Å²) in [4.78, 5) is 11.0. The van der Waals surface area contributed by atoms with Crippen LogP contribution in [0, 0.1) is 0 Å². The molecule has 0 aromatic carbocycles. The fourth-order valence-corrected chi connectivity index (χ4v) is 1.68. The Labute approximate surface area is 87.2 Å². The molecule has 3 nitrogen and oxygen atoms in total. The first-order chi connectivity index (χ1) is 6.72. The number of allylic oxidation sites excluding steroid dienone is 1. The summed E-state index contributed by atoms with van der Waals surface area (Å²) in [6.07, 6.45) is 1.93. The summed E-state index contributed by atoms with van der Waals surface area (Å²) in [5, 5.41) is 3.98. The van der Waals surface area contributed by atoms with E-state index in [1.807, 2.05) is 16.8 Å². The molecule has 1 aromatic rings. The van der Waals surface area contributed by atoms with Crippen molar-refractivity contribution in [2.45, 2.75) is 13.3 Å². The van der Waals surface area contributed by atoms with E-state index in [0.29, 0.717) is 18.7 Å². The van der Waals surface area contributed by atoms with Crippen molar-refractivity contribution in [3.8, 4) is 0 Å². The number of ether oxygens (including phenoxy) is 1. The lowest BCUT2D eigenvalue weighted by Gasteiger charge is -1.99. The van der Waals surface area contributed by atoms with E-state index in [2.05, 4.69) is 0 Å². The highest BCUT2D eigenvalue weighted by Crippen LogP contribution is 2.09. The summed E-state index contributed by atoms with van der Waals surface area (Å²) >= 11 is 1.61. The van der Waals surface area contributed by atoms with Gasteiger partial charge in [0.15, 0.2) is 0 Å². The number of carbonyl (C=O) groups excluding carboxylic acids is 1. The van der Waals surface area contributed by atoms with Crippen LogP contribution in [0.25, 0.3) is 0 Å². The Morgan fingerprint density at radius 3 is 3.07 bits per heavy atom. The molecule has 2 N–H and O–H groups in total. The zero-order valence-corrected chi connectivity index (χ0v) is 8.84. The van der Waals surface area contributed by atoms with Crippen LogP contribution in [0.4, 0.5) is 0 Å². The Morgan fingerprint density at radius 2 is 2.50 bits per heavy atom. The molecule has 0 radical (unpaired) electrons. The van der Waals surface area contributed by atoms with Crippen molar-refractivity contribution < 1.29 is 9.53 Å². The van der Waals surface area contributed by atoms with Crippen LogP contribution in [0.5, 0.6) is 0 Å². The zero-order valence-electron chi connectivity index (χ0n) is 8.03. The monoisotopic (exact) mass is 211 g/mol. The maximum absolute atomic E-state index is 11.0. The molecule has 1 aromatic heterocycles. The quantitative estimate of drug-likeness (QED) is 0.609. The van der Waals surface area contributed by atoms with Gasteiger partial charge in [-0.3, -0.25) is 0 Å². The largest absolute Gasteiger partial charge is 0.463 e. The van der Waals surface area contributed by atoms with E-state index < -0.39 is 0 Å². The number of thiophene rings is 1. The van der Waals surface area contributed by atoms with Crippen molar-refractivity contribution in [1.29, 1.82) is 0 Å². The molecular formula is C10H13NO2S. The van der Waals surface area contributed by atoms with Gasteiger partial charge in [0.2, 0.25) is 0 Å². The Balaban J connectivity index is 2.49. The maximum atomic E-state index is 11.0. The molecule has 76 valence electrons. The van der Waals surface area contributed by atoms with Crippen molar-refractivity contribution in [2.75, 3.05) is 6.61 Å². The first-order valence-electron chi connectivity index (χ1n) is 4.36. The predicted molar refractivity (Wildman–Crippen MR) is 56.9 cm³/mol. The molecule has 0 aliphatic carbocycles. The third-order valence-corrected chi connectivity index (χ3v) is 2.31. The first-order valence-corrected chi connectivity index (χ1v) is 5.30. The second-order valence-corrected chi connectivity index (χ2v) is 3.56. The summed E-state index contributed by atoms with van der Waals surface area (Å²) < 4.78 is 4.74. The first kappa shape index (κ1) is 10.8. The van der Waals surface area contributed by atoms with Crippen molar-refractivity contribution in [1.82, 2.24) is 0 Å². The van der Waals surface area contributed by atoms with Gasteiger partial charge in [-0.15, -0.1) is 0 Å². The number of hydrogen-bond donors (Lipinski definition) is 1. The van der Waals surface area contributed by atoms with Crippen molar-refractivity contribution in [2.24, 2.45) is 5.73 Å². The molecule has 1 rings (SSSR count). The molecule has 1 heterocycles. The summed E-state index contributed by atoms with van der Waals surface area (Å²) in [5.74, 6) is -0.375. The summed E-state index contributed by atoms with van der Waals surface area (Å²) in [6, 6.07) is 1.98. The van der Waals surface area contributed by atoms with E-state index in [1.54, 1.807) is 18.3 Å². The molecule has 4 heteroatoms. The third-order valence-electron chi connectivity index (χ3n) is 1.58. The second kappa shape index (κ2) is 5.44. The summed E-state index contributed by atoms with van der Waals surface area (Å²) in [7, 11) is 0. The normalized spacial score (nSPS) is 11.4. The van der Waals surface area contributed by atoms with E-state index in [0.717, 1.165) is 5.56 Å². The van der Waals surface area contributed by atoms with Crippen molar-refractivity contribution in [3.05, 3.63) is 34.2 Å². The number of esters is 1. The van der Waals surface area contributed by atoms with E-state index in [9.17, 15) is 4.79 Å². The van der Waals surface area contributed by atoms with E-state index in [-0.39, 0.29) is 5.97 Å². The van der Waals surface area contributed by atoms with Gasteiger partial charge in [0.05, 0.1) is 6.61 Å². The Hall–Kier alpha value is -1.29. The molecule has 0 saturated heterocycles. The molecule has 14 heavy (non-hydrogen) atoms. The van der Waals surface area contributed by atoms with Crippen LogP contribution in [0.3, 0.4) is 0 Å². The van der Waals surface area contributed by atoms with Gasteiger partial charge in [0.1, 0.15) is 0 Å². The maximum Gasteiger partial charge on any atom is 0.332 e. The van der Waals surface area contributed by atoms with Gasteiger partial charge in [-0.1, -0.05) is 0 Å². The van der Waals surface area contributed by atoms with Crippen LogP contribution < -0.4 is 5.73 Å². The van der Waals surface area contributed by atoms with Crippen LogP contribution in [0.15, 0.2) is 28.6 Å². The van der Waals surface area contributed by atoms with Gasteiger partial charge in [0.25, 0.3) is 0 Å². The standard InChI is InChI=1S/C10H13NO2S/c1-2-13-10(12)6-9(11)5-8-3-4-14-7-8/h3-4,6-7H,2,5,11H2,1H3. The Morgan fingerprint density at radius 1 is 1.71 bits per heavy atom. The van der Waals surface area contributed by atoms with E-state index in [4.69, 9.17) is 10.5 Å². The lowest BCUT2D eigenvalue weighted by atomic mass is 10.2. The molecule has 0 fully saturated rings. The zero-order chi connectivity index (χ0) is 10.4. The van der Waals surface area contributed by atoms with Crippen molar-refractivity contribution in [3.63, 3.8) is 0 Å². The molecule has 0 spiro atoms. The molecule has 0 saturated carbocycles. The second-order valence-electron chi connectivity index (χ2n) is 2.78.